The highest BCUT2D eigenvalue weighted by molar-refractivity contribution is 5.87. The number of nitrogens with zero attached hydrogens (tertiary/aromatic N) is 3. The van der Waals surface area contributed by atoms with Gasteiger partial charge in [-0.05, 0) is 48.2 Å². The third kappa shape index (κ3) is 3.88. The van der Waals surface area contributed by atoms with Gasteiger partial charge in [-0.1, -0.05) is 54.6 Å². The van der Waals surface area contributed by atoms with Crippen molar-refractivity contribution >= 4 is 28.0 Å². The zero-order valence-corrected chi connectivity index (χ0v) is 18.6. The molecule has 0 saturated carbocycles. The van der Waals surface area contributed by atoms with Crippen molar-refractivity contribution in [3.63, 3.8) is 0 Å². The summed E-state index contributed by atoms with van der Waals surface area (Å²) in [7, 11) is 0. The first-order valence-corrected chi connectivity index (χ1v) is 11.6. The number of rotatable bonds is 4. The van der Waals surface area contributed by atoms with E-state index < -0.39 is 0 Å². The summed E-state index contributed by atoms with van der Waals surface area (Å²) >= 11 is 0. The molecule has 0 bridgehead atoms. The predicted octanol–water partition coefficient (Wildman–Crippen LogP) is 6.25. The number of carbonyl (C=O) groups excluding carboxylic acids is 1. The number of benzene rings is 3. The quantitative estimate of drug-likeness (QED) is 0.353. The fraction of sp³-hybridized carbons (Fsp3) is 0.179. The van der Waals surface area contributed by atoms with Crippen LogP contribution in [-0.2, 0) is 11.3 Å². The number of H-pyrrole nitrogens is 1. The number of aromatic amines is 1. The Labute approximate surface area is 197 Å². The number of ether oxygens (including phenoxy) is 1. The van der Waals surface area contributed by atoms with Crippen LogP contribution in [0.2, 0.25) is 0 Å². The zero-order chi connectivity index (χ0) is 22.9. The number of hydrogen-bond acceptors (Lipinski definition) is 4. The van der Waals surface area contributed by atoms with Gasteiger partial charge in [-0.3, -0.25) is 9.88 Å². The van der Waals surface area contributed by atoms with E-state index in [2.05, 4.69) is 34.2 Å². The number of imidazole rings is 1. The number of hydrogen-bond donors (Lipinski definition) is 1. The van der Waals surface area contributed by atoms with E-state index >= 15 is 0 Å². The summed E-state index contributed by atoms with van der Waals surface area (Å²) in [5, 5.41) is 1.11. The molecule has 1 saturated heterocycles. The predicted molar refractivity (Wildman–Crippen MR) is 132 cm³/mol. The molecule has 0 unspecified atom stereocenters. The summed E-state index contributed by atoms with van der Waals surface area (Å²) < 4.78 is 5.59. The molecule has 1 N–H and O–H groups in total. The first-order chi connectivity index (χ1) is 16.7. The van der Waals surface area contributed by atoms with Gasteiger partial charge in [-0.15, -0.1) is 0 Å². The van der Waals surface area contributed by atoms with Crippen molar-refractivity contribution in [3.8, 4) is 11.1 Å². The van der Waals surface area contributed by atoms with Gasteiger partial charge < -0.3 is 9.72 Å². The van der Waals surface area contributed by atoms with Gasteiger partial charge in [0, 0.05) is 23.7 Å². The van der Waals surface area contributed by atoms with Crippen molar-refractivity contribution in [2.24, 2.45) is 0 Å². The molecule has 1 fully saturated rings. The van der Waals surface area contributed by atoms with Crippen molar-refractivity contribution in [3.05, 3.63) is 96.4 Å². The van der Waals surface area contributed by atoms with Gasteiger partial charge in [0.25, 0.3) is 0 Å². The van der Waals surface area contributed by atoms with Crippen molar-refractivity contribution < 1.29 is 9.53 Å². The molecule has 3 aromatic carbocycles. The van der Waals surface area contributed by atoms with Gasteiger partial charge in [0.15, 0.2) is 0 Å². The highest BCUT2D eigenvalue weighted by Gasteiger charge is 2.33. The van der Waals surface area contributed by atoms with Crippen LogP contribution in [0.5, 0.6) is 0 Å². The van der Waals surface area contributed by atoms with Crippen LogP contribution in [0.3, 0.4) is 0 Å². The standard InChI is InChI=1S/C28H24N4O2/c33-28(34-18-19-7-2-1-3-8-19)32-14-6-11-26(32)27-30-24-13-12-20(16-25(24)31-27)22-15-21-9-4-5-10-23(21)29-17-22/h1-5,7-10,12-13,15-17,26H,6,11,14,18H2,(H,30,31)/t26-/m0/s1. The smallest absolute Gasteiger partial charge is 0.410 e. The Kier molecular flexibility index (Phi) is 5.18. The lowest BCUT2D eigenvalue weighted by Gasteiger charge is -2.22. The summed E-state index contributed by atoms with van der Waals surface area (Å²) in [5.74, 6) is 0.804. The zero-order valence-electron chi connectivity index (χ0n) is 18.6. The summed E-state index contributed by atoms with van der Waals surface area (Å²) in [5.41, 5.74) is 5.93. The molecule has 2 aromatic heterocycles. The molecule has 5 aromatic rings. The normalized spacial score (nSPS) is 15.8. The fourth-order valence-corrected chi connectivity index (χ4v) is 4.67. The molecule has 6 nitrogen and oxygen atoms in total. The maximum absolute atomic E-state index is 12.8. The lowest BCUT2D eigenvalue weighted by molar-refractivity contribution is 0.0910. The van der Waals surface area contributed by atoms with Gasteiger partial charge in [0.2, 0.25) is 0 Å². The second-order valence-corrected chi connectivity index (χ2v) is 8.66. The first-order valence-electron chi connectivity index (χ1n) is 11.6. The summed E-state index contributed by atoms with van der Waals surface area (Å²) in [6.07, 6.45) is 3.40. The second kappa shape index (κ2) is 8.63. The topological polar surface area (TPSA) is 71.1 Å². The number of fused-ring (bicyclic) bond motifs is 2. The summed E-state index contributed by atoms with van der Waals surface area (Å²) in [4.78, 5) is 27.5. The van der Waals surface area contributed by atoms with E-state index in [0.717, 1.165) is 57.3 Å². The molecular formula is C28H24N4O2. The van der Waals surface area contributed by atoms with Gasteiger partial charge >= 0.3 is 6.09 Å². The molecule has 0 aliphatic carbocycles. The van der Waals surface area contributed by atoms with E-state index in [-0.39, 0.29) is 18.7 Å². The average Bonchev–Trinajstić information content (AvgIpc) is 3.54. The third-order valence-corrected chi connectivity index (χ3v) is 6.43. The summed E-state index contributed by atoms with van der Waals surface area (Å²) in [6.45, 7) is 0.940. The Morgan fingerprint density at radius 2 is 1.82 bits per heavy atom. The molecule has 3 heterocycles. The van der Waals surface area contributed by atoms with Gasteiger partial charge in [-0.2, -0.15) is 0 Å². The second-order valence-electron chi connectivity index (χ2n) is 8.66. The minimum atomic E-state index is -0.297. The molecular weight excluding hydrogens is 424 g/mol. The molecule has 34 heavy (non-hydrogen) atoms. The van der Waals surface area contributed by atoms with Crippen LogP contribution in [0.4, 0.5) is 4.79 Å². The number of carbonyl (C=O) groups is 1. The lowest BCUT2D eigenvalue weighted by atomic mass is 10.0. The molecule has 1 aliphatic heterocycles. The minimum absolute atomic E-state index is 0.110. The Morgan fingerprint density at radius 1 is 0.971 bits per heavy atom. The molecule has 0 radical (unpaired) electrons. The Bertz CT molecular complexity index is 1480. The third-order valence-electron chi connectivity index (χ3n) is 6.43. The number of para-hydroxylation sites is 1. The molecule has 168 valence electrons. The van der Waals surface area contributed by atoms with Crippen LogP contribution in [0.25, 0.3) is 33.1 Å². The van der Waals surface area contributed by atoms with E-state index in [4.69, 9.17) is 9.72 Å². The Balaban J connectivity index is 1.24. The van der Waals surface area contributed by atoms with E-state index in [1.165, 1.54) is 0 Å². The molecule has 6 heteroatoms. The van der Waals surface area contributed by atoms with Gasteiger partial charge in [0.1, 0.15) is 12.4 Å². The van der Waals surface area contributed by atoms with Crippen molar-refractivity contribution in [2.45, 2.75) is 25.5 Å². The molecule has 1 amide bonds. The van der Waals surface area contributed by atoms with E-state index in [1.54, 1.807) is 4.90 Å². The summed E-state index contributed by atoms with van der Waals surface area (Å²) in [6, 6.07) is 26.1. The van der Waals surface area contributed by atoms with Gasteiger partial charge in [-0.25, -0.2) is 9.78 Å². The number of amides is 1. The Morgan fingerprint density at radius 3 is 2.74 bits per heavy atom. The van der Waals surface area contributed by atoms with Gasteiger partial charge in [0.05, 0.1) is 22.6 Å². The van der Waals surface area contributed by atoms with Crippen LogP contribution in [0, 0.1) is 0 Å². The molecule has 1 atom stereocenters. The Hall–Kier alpha value is -4.19. The minimum Gasteiger partial charge on any atom is -0.445 e. The van der Waals surface area contributed by atoms with Crippen LogP contribution in [-0.4, -0.2) is 32.5 Å². The van der Waals surface area contributed by atoms with Crippen molar-refractivity contribution in [2.75, 3.05) is 6.54 Å². The maximum Gasteiger partial charge on any atom is 0.410 e. The maximum atomic E-state index is 12.8. The lowest BCUT2D eigenvalue weighted by Crippen LogP contribution is -2.31. The monoisotopic (exact) mass is 448 g/mol. The number of pyridine rings is 1. The highest BCUT2D eigenvalue weighted by atomic mass is 16.6. The first kappa shape index (κ1) is 20.4. The van der Waals surface area contributed by atoms with E-state index in [1.807, 2.05) is 60.8 Å². The number of nitrogens with one attached hydrogen (secondary N) is 1. The molecule has 0 spiro atoms. The van der Waals surface area contributed by atoms with E-state index in [0.29, 0.717) is 6.54 Å². The van der Waals surface area contributed by atoms with Crippen molar-refractivity contribution in [1.82, 2.24) is 19.9 Å². The fourth-order valence-electron chi connectivity index (χ4n) is 4.67. The van der Waals surface area contributed by atoms with E-state index in [9.17, 15) is 4.79 Å². The van der Waals surface area contributed by atoms with Crippen LogP contribution in [0.1, 0.15) is 30.3 Å². The number of aromatic nitrogens is 3. The highest BCUT2D eigenvalue weighted by Crippen LogP contribution is 2.33. The van der Waals surface area contributed by atoms with Crippen LogP contribution >= 0.6 is 0 Å². The van der Waals surface area contributed by atoms with Crippen molar-refractivity contribution in [1.29, 1.82) is 0 Å². The number of likely N-dealkylation sites (tertiary alicyclic amines) is 1. The van der Waals surface area contributed by atoms with Crippen LogP contribution in [0.15, 0.2) is 85.1 Å². The average molecular weight is 449 g/mol. The molecule has 1 aliphatic rings. The van der Waals surface area contributed by atoms with Crippen LogP contribution < -0.4 is 0 Å². The SMILES string of the molecule is O=C(OCc1ccccc1)N1CCC[C@H]1c1nc2ccc(-c3cnc4ccccc4c3)cc2[nH]1. The molecule has 6 rings (SSSR count). The largest absolute Gasteiger partial charge is 0.445 e.